The molecule has 0 aliphatic carbocycles. The largest absolute Gasteiger partial charge is 0.122 e. The molecule has 0 rings (SSSR count). The van der Waals surface area contributed by atoms with Crippen molar-refractivity contribution in [1.29, 1.82) is 0 Å². The lowest BCUT2D eigenvalue weighted by molar-refractivity contribution is 0.907. The van der Waals surface area contributed by atoms with Crippen LogP contribution in [-0.2, 0) is 0 Å². The van der Waals surface area contributed by atoms with Gasteiger partial charge in [0.2, 0.25) is 0 Å². The Balaban J connectivity index is 3.82. The van der Waals surface area contributed by atoms with E-state index < -0.39 is 0 Å². The maximum absolute atomic E-state index is 5.58. The summed E-state index contributed by atoms with van der Waals surface area (Å²) in [6, 6.07) is 0. The molecule has 1 heteroatoms. The van der Waals surface area contributed by atoms with Crippen LogP contribution in [0.1, 0.15) is 66.2 Å². The third-order valence-electron chi connectivity index (χ3n) is 3.20. The monoisotopic (exact) mass is 294 g/mol. The molecule has 0 unspecified atom stereocenters. The zero-order valence-corrected chi connectivity index (χ0v) is 14.5. The summed E-state index contributed by atoms with van der Waals surface area (Å²) in [6.45, 7) is 8.80. The molecule has 0 bridgehead atoms. The van der Waals surface area contributed by atoms with Gasteiger partial charge in [-0.25, -0.2) is 0 Å². The Bertz CT molecular complexity index is 352. The fraction of sp³-hybridized carbons (Fsp3) is 0.579. The van der Waals surface area contributed by atoms with Crippen LogP contribution >= 0.6 is 11.6 Å². The molecule has 0 spiro atoms. The first kappa shape index (κ1) is 19.2. The minimum atomic E-state index is 0.625. The van der Waals surface area contributed by atoms with E-state index in [1.807, 2.05) is 6.08 Å². The van der Waals surface area contributed by atoms with Crippen LogP contribution in [0.15, 0.2) is 47.1 Å². The molecule has 0 heterocycles. The molecule has 0 radical (unpaired) electrons. The third kappa shape index (κ3) is 13.7. The van der Waals surface area contributed by atoms with Gasteiger partial charge >= 0.3 is 0 Å². The van der Waals surface area contributed by atoms with Crippen LogP contribution in [-0.4, -0.2) is 5.88 Å². The summed E-state index contributed by atoms with van der Waals surface area (Å²) in [5.74, 6) is 0.625. The fourth-order valence-corrected chi connectivity index (χ4v) is 2.07. The molecule has 20 heavy (non-hydrogen) atoms. The van der Waals surface area contributed by atoms with Crippen LogP contribution in [0, 0.1) is 0 Å². The van der Waals surface area contributed by atoms with E-state index in [1.54, 1.807) is 0 Å². The maximum Gasteiger partial charge on any atom is 0.0404 e. The summed E-state index contributed by atoms with van der Waals surface area (Å²) in [4.78, 5) is 0. The summed E-state index contributed by atoms with van der Waals surface area (Å²) < 4.78 is 0. The second-order valence-electron chi connectivity index (χ2n) is 5.66. The summed E-state index contributed by atoms with van der Waals surface area (Å²) in [5, 5.41) is 0. The number of hydrogen-bond donors (Lipinski definition) is 0. The number of rotatable bonds is 10. The van der Waals surface area contributed by atoms with Crippen LogP contribution in [0.25, 0.3) is 0 Å². The molecule has 0 aliphatic heterocycles. The van der Waals surface area contributed by atoms with Gasteiger partial charge in [-0.15, -0.1) is 11.6 Å². The molecule has 0 aromatic rings. The standard InChI is InChI=1S/C19H31Cl/c1-17(2)11-9-13-19(4)15-10-14-18(3)12-7-5-6-8-16-20/h6,8,11-12,15H,5,7,9-10,13-14,16H2,1-4H3/b8-6+,18-12+,19-15+. The summed E-state index contributed by atoms with van der Waals surface area (Å²) in [5.41, 5.74) is 4.43. The first-order valence-electron chi connectivity index (χ1n) is 7.71. The highest BCUT2D eigenvalue weighted by molar-refractivity contribution is 6.18. The Labute approximate surface area is 131 Å². The van der Waals surface area contributed by atoms with Crippen LogP contribution in [0.4, 0.5) is 0 Å². The molecule has 0 saturated carbocycles. The lowest BCUT2D eigenvalue weighted by atomic mass is 10.1. The molecule has 0 aromatic heterocycles. The van der Waals surface area contributed by atoms with Gasteiger partial charge in [-0.2, -0.15) is 0 Å². The molecule has 0 amide bonds. The fourth-order valence-electron chi connectivity index (χ4n) is 1.95. The average Bonchev–Trinajstić information content (AvgIpc) is 2.38. The molecule has 0 saturated heterocycles. The number of hydrogen-bond acceptors (Lipinski definition) is 0. The number of unbranched alkanes of at least 4 members (excludes halogenated alkanes) is 1. The molecule has 0 aliphatic rings. The first-order chi connectivity index (χ1) is 9.56. The van der Waals surface area contributed by atoms with Gasteiger partial charge in [-0.3, -0.25) is 0 Å². The van der Waals surface area contributed by atoms with Crippen LogP contribution in [0.2, 0.25) is 0 Å². The quantitative estimate of drug-likeness (QED) is 0.231. The predicted molar refractivity (Wildman–Crippen MR) is 94.5 cm³/mol. The Hall–Kier alpha value is -0.750. The van der Waals surface area contributed by atoms with E-state index in [2.05, 4.69) is 52.0 Å². The zero-order valence-electron chi connectivity index (χ0n) is 13.7. The van der Waals surface area contributed by atoms with Crippen LogP contribution in [0.5, 0.6) is 0 Å². The second kappa shape index (κ2) is 13.2. The normalized spacial score (nSPS) is 13.1. The van der Waals surface area contributed by atoms with Crippen LogP contribution in [0.3, 0.4) is 0 Å². The summed E-state index contributed by atoms with van der Waals surface area (Å²) in [7, 11) is 0. The van der Waals surface area contributed by atoms with Gasteiger partial charge in [0, 0.05) is 5.88 Å². The second-order valence-corrected chi connectivity index (χ2v) is 5.97. The third-order valence-corrected chi connectivity index (χ3v) is 3.38. The number of allylic oxidation sites excluding steroid dienone is 8. The maximum atomic E-state index is 5.58. The molecule has 0 fully saturated rings. The highest BCUT2D eigenvalue weighted by Crippen LogP contribution is 2.12. The van der Waals surface area contributed by atoms with E-state index in [4.69, 9.17) is 11.6 Å². The molecule has 0 atom stereocenters. The van der Waals surface area contributed by atoms with Crippen molar-refractivity contribution in [1.82, 2.24) is 0 Å². The van der Waals surface area contributed by atoms with Crippen molar-refractivity contribution < 1.29 is 0 Å². The van der Waals surface area contributed by atoms with Gasteiger partial charge in [0.1, 0.15) is 0 Å². The minimum Gasteiger partial charge on any atom is -0.122 e. The van der Waals surface area contributed by atoms with Gasteiger partial charge in [-0.05, 0) is 66.2 Å². The van der Waals surface area contributed by atoms with Crippen molar-refractivity contribution in [3.8, 4) is 0 Å². The van der Waals surface area contributed by atoms with Crippen molar-refractivity contribution in [2.24, 2.45) is 0 Å². The lowest BCUT2D eigenvalue weighted by Crippen LogP contribution is -1.81. The van der Waals surface area contributed by atoms with Gasteiger partial charge in [0.25, 0.3) is 0 Å². The lowest BCUT2D eigenvalue weighted by Gasteiger charge is -2.01. The van der Waals surface area contributed by atoms with Gasteiger partial charge in [0.05, 0.1) is 0 Å². The van der Waals surface area contributed by atoms with Gasteiger partial charge in [0.15, 0.2) is 0 Å². The Morgan fingerprint density at radius 3 is 1.80 bits per heavy atom. The SMILES string of the molecule is CC(C)=CCC/C(C)=C/CC/C(C)=C/CC/C=C/CCl. The van der Waals surface area contributed by atoms with Crippen molar-refractivity contribution in [3.63, 3.8) is 0 Å². The van der Waals surface area contributed by atoms with E-state index in [0.29, 0.717) is 5.88 Å². The van der Waals surface area contributed by atoms with E-state index in [9.17, 15) is 0 Å². The molecule has 0 aromatic carbocycles. The minimum absolute atomic E-state index is 0.625. The zero-order chi connectivity index (χ0) is 15.2. The molecule has 0 N–H and O–H groups in total. The smallest absolute Gasteiger partial charge is 0.0404 e. The molecular weight excluding hydrogens is 264 g/mol. The summed E-state index contributed by atoms with van der Waals surface area (Å²) >= 11 is 5.58. The van der Waals surface area contributed by atoms with Crippen molar-refractivity contribution in [2.45, 2.75) is 66.2 Å². The molecule has 114 valence electrons. The summed E-state index contributed by atoms with van der Waals surface area (Å²) in [6.07, 6.45) is 18.2. The van der Waals surface area contributed by atoms with E-state index in [1.165, 1.54) is 42.4 Å². The van der Waals surface area contributed by atoms with E-state index >= 15 is 0 Å². The van der Waals surface area contributed by atoms with Crippen molar-refractivity contribution in [3.05, 3.63) is 47.1 Å². The van der Waals surface area contributed by atoms with Crippen LogP contribution < -0.4 is 0 Å². The van der Waals surface area contributed by atoms with Gasteiger partial charge < -0.3 is 0 Å². The Morgan fingerprint density at radius 2 is 1.25 bits per heavy atom. The molecular formula is C19H31Cl. The van der Waals surface area contributed by atoms with E-state index in [-0.39, 0.29) is 0 Å². The van der Waals surface area contributed by atoms with Gasteiger partial charge in [-0.1, -0.05) is 47.1 Å². The highest BCUT2D eigenvalue weighted by atomic mass is 35.5. The first-order valence-corrected chi connectivity index (χ1v) is 8.25. The van der Waals surface area contributed by atoms with Crippen molar-refractivity contribution in [2.75, 3.05) is 5.88 Å². The predicted octanol–water partition coefficient (Wildman–Crippen LogP) is 6.98. The average molecular weight is 295 g/mol. The molecule has 0 nitrogen and oxygen atoms in total. The number of alkyl halides is 1. The Morgan fingerprint density at radius 1 is 0.700 bits per heavy atom. The number of halogens is 1. The Kier molecular flexibility index (Phi) is 12.7. The topological polar surface area (TPSA) is 0 Å². The van der Waals surface area contributed by atoms with E-state index in [0.717, 1.165) is 12.8 Å². The highest BCUT2D eigenvalue weighted by Gasteiger charge is 1.91. The van der Waals surface area contributed by atoms with Crippen molar-refractivity contribution >= 4 is 11.6 Å².